The maximum absolute atomic E-state index is 11.9. The Bertz CT molecular complexity index is 560. The number of aromatic nitrogens is 4. The van der Waals surface area contributed by atoms with Gasteiger partial charge in [-0.15, -0.1) is 5.10 Å². The summed E-state index contributed by atoms with van der Waals surface area (Å²) in [5.41, 5.74) is 2.60. The van der Waals surface area contributed by atoms with Crippen molar-refractivity contribution in [2.45, 2.75) is 19.3 Å². The summed E-state index contributed by atoms with van der Waals surface area (Å²) < 4.78 is 5.40. The largest absolute Gasteiger partial charge is 0.305 e. The molecule has 88 valence electrons. The van der Waals surface area contributed by atoms with E-state index in [1.54, 1.807) is 10.1 Å². The summed E-state index contributed by atoms with van der Waals surface area (Å²) in [4.78, 5) is 11.9. The third-order valence-electron chi connectivity index (χ3n) is 2.89. The molecule has 0 atom stereocenters. The van der Waals surface area contributed by atoms with Crippen molar-refractivity contribution < 1.29 is 4.79 Å². The highest BCUT2D eigenvalue weighted by atomic mass is 32.1. The lowest BCUT2D eigenvalue weighted by atomic mass is 10.2. The highest BCUT2D eigenvalue weighted by molar-refractivity contribution is 7.03. The number of carbonyl (C=O) groups excluding carboxylic acids is 1. The van der Waals surface area contributed by atoms with E-state index in [1.807, 2.05) is 7.05 Å². The monoisotopic (exact) mass is 249 g/mol. The molecule has 17 heavy (non-hydrogen) atoms. The quantitative estimate of drug-likeness (QED) is 0.862. The maximum atomic E-state index is 11.9. The van der Waals surface area contributed by atoms with Crippen molar-refractivity contribution in [3.8, 4) is 0 Å². The standard InChI is InChI=1S/C10H11N5OS/c1-15-9(6-3-2-4-7(6)13-15)11-10(16)8-5-17-14-12-8/h5H,2-4H2,1H3,(H,11,16). The molecule has 0 aromatic carbocycles. The van der Waals surface area contributed by atoms with Gasteiger partial charge in [0, 0.05) is 18.0 Å². The van der Waals surface area contributed by atoms with Crippen molar-refractivity contribution >= 4 is 23.3 Å². The van der Waals surface area contributed by atoms with Crippen LogP contribution in [0.15, 0.2) is 5.38 Å². The van der Waals surface area contributed by atoms with Gasteiger partial charge in [0.15, 0.2) is 5.69 Å². The normalized spacial score (nSPS) is 13.7. The number of fused-ring (bicyclic) bond motifs is 1. The average Bonchev–Trinajstić information content (AvgIpc) is 2.98. The minimum atomic E-state index is -0.226. The highest BCUT2D eigenvalue weighted by Crippen LogP contribution is 2.28. The molecule has 0 spiro atoms. The Morgan fingerprint density at radius 1 is 1.53 bits per heavy atom. The molecule has 1 amide bonds. The predicted molar refractivity (Wildman–Crippen MR) is 63.1 cm³/mol. The molecule has 6 nitrogen and oxygen atoms in total. The fourth-order valence-corrected chi connectivity index (χ4v) is 2.55. The first-order chi connectivity index (χ1) is 8.25. The van der Waals surface area contributed by atoms with Crippen molar-refractivity contribution in [2.75, 3.05) is 5.32 Å². The molecule has 0 fully saturated rings. The zero-order chi connectivity index (χ0) is 11.8. The number of rotatable bonds is 2. The molecule has 0 aliphatic heterocycles. The second kappa shape index (κ2) is 3.92. The van der Waals surface area contributed by atoms with Gasteiger partial charge < -0.3 is 5.32 Å². The Hall–Kier alpha value is -1.76. The topological polar surface area (TPSA) is 72.7 Å². The van der Waals surface area contributed by atoms with Crippen LogP contribution in [-0.4, -0.2) is 25.3 Å². The van der Waals surface area contributed by atoms with E-state index in [1.165, 1.54) is 11.5 Å². The van der Waals surface area contributed by atoms with Gasteiger partial charge in [-0.1, -0.05) is 4.49 Å². The van der Waals surface area contributed by atoms with Crippen LogP contribution in [0.1, 0.15) is 28.2 Å². The molecule has 1 aliphatic rings. The molecule has 0 saturated carbocycles. The van der Waals surface area contributed by atoms with Gasteiger partial charge in [-0.25, -0.2) is 0 Å². The number of nitrogens with one attached hydrogen (secondary N) is 1. The van der Waals surface area contributed by atoms with Crippen LogP contribution in [0, 0.1) is 0 Å². The number of hydrogen-bond acceptors (Lipinski definition) is 5. The number of amides is 1. The van der Waals surface area contributed by atoms with E-state index in [4.69, 9.17) is 0 Å². The van der Waals surface area contributed by atoms with Crippen molar-refractivity contribution in [1.82, 2.24) is 19.4 Å². The van der Waals surface area contributed by atoms with Crippen LogP contribution in [0.4, 0.5) is 5.82 Å². The fourth-order valence-electron chi connectivity index (χ4n) is 2.11. The summed E-state index contributed by atoms with van der Waals surface area (Å²) in [6.07, 6.45) is 3.09. The summed E-state index contributed by atoms with van der Waals surface area (Å²) in [7, 11) is 1.84. The van der Waals surface area contributed by atoms with Crippen LogP contribution in [0.3, 0.4) is 0 Å². The smallest absolute Gasteiger partial charge is 0.278 e. The molecule has 0 radical (unpaired) electrons. The van der Waals surface area contributed by atoms with E-state index in [0.29, 0.717) is 5.69 Å². The van der Waals surface area contributed by atoms with E-state index in [2.05, 4.69) is 20.0 Å². The SMILES string of the molecule is Cn1nc2c(c1NC(=O)c1csnn1)CCC2. The molecular formula is C10H11N5OS. The zero-order valence-electron chi connectivity index (χ0n) is 9.30. The lowest BCUT2D eigenvalue weighted by Gasteiger charge is -2.05. The molecule has 0 saturated heterocycles. The van der Waals surface area contributed by atoms with E-state index in [9.17, 15) is 4.79 Å². The molecule has 7 heteroatoms. The zero-order valence-corrected chi connectivity index (χ0v) is 10.1. The molecular weight excluding hydrogens is 238 g/mol. The molecule has 3 rings (SSSR count). The Balaban J connectivity index is 1.88. The third-order valence-corrected chi connectivity index (χ3v) is 3.40. The Kier molecular flexibility index (Phi) is 2.40. The van der Waals surface area contributed by atoms with Gasteiger partial charge in [-0.05, 0) is 30.8 Å². The molecule has 1 aliphatic carbocycles. The molecule has 0 unspecified atom stereocenters. The van der Waals surface area contributed by atoms with Crippen LogP contribution in [0.2, 0.25) is 0 Å². The molecule has 2 aromatic rings. The van der Waals surface area contributed by atoms with Gasteiger partial charge in [-0.3, -0.25) is 9.48 Å². The van der Waals surface area contributed by atoms with Gasteiger partial charge in [-0.2, -0.15) is 5.10 Å². The minimum absolute atomic E-state index is 0.226. The fraction of sp³-hybridized carbons (Fsp3) is 0.400. The van der Waals surface area contributed by atoms with Crippen molar-refractivity contribution in [2.24, 2.45) is 7.05 Å². The van der Waals surface area contributed by atoms with E-state index >= 15 is 0 Å². The first-order valence-electron chi connectivity index (χ1n) is 5.39. The van der Waals surface area contributed by atoms with E-state index in [-0.39, 0.29) is 5.91 Å². The van der Waals surface area contributed by atoms with Crippen LogP contribution in [0.5, 0.6) is 0 Å². The number of carbonyl (C=O) groups is 1. The van der Waals surface area contributed by atoms with Crippen molar-refractivity contribution in [3.63, 3.8) is 0 Å². The maximum Gasteiger partial charge on any atom is 0.278 e. The first-order valence-corrected chi connectivity index (χ1v) is 6.22. The number of hydrogen-bond donors (Lipinski definition) is 1. The number of nitrogens with zero attached hydrogens (tertiary/aromatic N) is 4. The summed E-state index contributed by atoms with van der Waals surface area (Å²) in [6.45, 7) is 0. The molecule has 1 N–H and O–H groups in total. The van der Waals surface area contributed by atoms with Crippen LogP contribution in [-0.2, 0) is 19.9 Å². The summed E-state index contributed by atoms with van der Waals surface area (Å²) >= 11 is 1.17. The summed E-state index contributed by atoms with van der Waals surface area (Å²) in [5, 5.41) is 12.6. The highest BCUT2D eigenvalue weighted by Gasteiger charge is 2.22. The lowest BCUT2D eigenvalue weighted by Crippen LogP contribution is -2.16. The van der Waals surface area contributed by atoms with Crippen LogP contribution >= 0.6 is 11.5 Å². The summed E-state index contributed by atoms with van der Waals surface area (Å²) in [5.74, 6) is 0.562. The Labute approximate surface area is 102 Å². The van der Waals surface area contributed by atoms with Crippen molar-refractivity contribution in [1.29, 1.82) is 0 Å². The number of aryl methyl sites for hydroxylation is 2. The number of anilines is 1. The lowest BCUT2D eigenvalue weighted by molar-refractivity contribution is 0.102. The van der Waals surface area contributed by atoms with Gasteiger partial charge in [0.25, 0.3) is 5.91 Å². The van der Waals surface area contributed by atoms with Gasteiger partial charge in [0.1, 0.15) is 5.82 Å². The second-order valence-electron chi connectivity index (χ2n) is 4.00. The van der Waals surface area contributed by atoms with Gasteiger partial charge in [0.2, 0.25) is 0 Å². The van der Waals surface area contributed by atoms with Gasteiger partial charge >= 0.3 is 0 Å². The van der Waals surface area contributed by atoms with Gasteiger partial charge in [0.05, 0.1) is 5.69 Å². The first kappa shape index (κ1) is 10.4. The van der Waals surface area contributed by atoms with Crippen LogP contribution < -0.4 is 5.32 Å². The minimum Gasteiger partial charge on any atom is -0.305 e. The van der Waals surface area contributed by atoms with E-state index in [0.717, 1.165) is 36.3 Å². The molecule has 2 aromatic heterocycles. The summed E-state index contributed by atoms with van der Waals surface area (Å²) in [6, 6.07) is 0. The predicted octanol–water partition coefficient (Wildman–Crippen LogP) is 1.01. The van der Waals surface area contributed by atoms with E-state index < -0.39 is 0 Å². The van der Waals surface area contributed by atoms with Crippen LogP contribution in [0.25, 0.3) is 0 Å². The molecule has 0 bridgehead atoms. The third kappa shape index (κ3) is 1.72. The van der Waals surface area contributed by atoms with Crippen molar-refractivity contribution in [3.05, 3.63) is 22.3 Å². The Morgan fingerprint density at radius 3 is 3.18 bits per heavy atom. The second-order valence-corrected chi connectivity index (χ2v) is 4.61. The molecule has 2 heterocycles. The Morgan fingerprint density at radius 2 is 2.41 bits per heavy atom. The average molecular weight is 249 g/mol.